The summed E-state index contributed by atoms with van der Waals surface area (Å²) in [6.07, 6.45) is 1.98. The van der Waals surface area contributed by atoms with Gasteiger partial charge in [-0.1, -0.05) is 127 Å². The van der Waals surface area contributed by atoms with Gasteiger partial charge in [0.25, 0.3) is 0 Å². The van der Waals surface area contributed by atoms with E-state index in [1.807, 2.05) is 23.6 Å². The topological polar surface area (TPSA) is 17.3 Å². The molecule has 0 amide bonds. The fourth-order valence-corrected chi connectivity index (χ4v) is 8.07. The zero-order valence-electron chi connectivity index (χ0n) is 25.7. The van der Waals surface area contributed by atoms with Gasteiger partial charge in [-0.25, -0.2) is 0 Å². The van der Waals surface area contributed by atoms with E-state index in [0.29, 0.717) is 6.54 Å². The van der Waals surface area contributed by atoms with E-state index in [4.69, 9.17) is 4.99 Å². The van der Waals surface area contributed by atoms with E-state index in [1.54, 1.807) is 0 Å². The molecule has 222 valence electrons. The number of para-hydroxylation sites is 1. The van der Waals surface area contributed by atoms with Crippen molar-refractivity contribution in [1.29, 1.82) is 0 Å². The van der Waals surface area contributed by atoms with Crippen molar-refractivity contribution in [2.75, 3.05) is 0 Å². The first-order valence-corrected chi connectivity index (χ1v) is 16.8. The predicted molar refractivity (Wildman–Crippen MR) is 202 cm³/mol. The summed E-state index contributed by atoms with van der Waals surface area (Å²) in [7, 11) is 0. The zero-order valence-corrected chi connectivity index (χ0v) is 26.5. The third kappa shape index (κ3) is 4.93. The fourth-order valence-electron chi connectivity index (χ4n) is 6.83. The number of fused-ring (bicyclic) bond motifs is 6. The molecule has 0 N–H and O–H groups in total. The van der Waals surface area contributed by atoms with Crippen molar-refractivity contribution in [2.45, 2.75) is 6.54 Å². The summed E-state index contributed by atoms with van der Waals surface area (Å²) < 4.78 is 5.07. The monoisotopic (exact) mass is 618 g/mol. The molecule has 0 bridgehead atoms. The van der Waals surface area contributed by atoms with Crippen LogP contribution in [-0.4, -0.2) is 10.8 Å². The van der Waals surface area contributed by atoms with Crippen LogP contribution in [0, 0.1) is 0 Å². The van der Waals surface area contributed by atoms with Crippen LogP contribution in [0.2, 0.25) is 0 Å². The summed E-state index contributed by atoms with van der Waals surface area (Å²) in [4.78, 5) is 4.79. The van der Waals surface area contributed by atoms with Gasteiger partial charge in [0.2, 0.25) is 0 Å². The minimum absolute atomic E-state index is 0.631. The average Bonchev–Trinajstić information content (AvgIpc) is 3.68. The van der Waals surface area contributed by atoms with Crippen LogP contribution in [0.5, 0.6) is 0 Å². The number of thiophene rings is 1. The van der Waals surface area contributed by atoms with Crippen molar-refractivity contribution in [1.82, 2.24) is 4.57 Å². The highest BCUT2D eigenvalue weighted by atomic mass is 32.1. The summed E-state index contributed by atoms with van der Waals surface area (Å²) in [5, 5.41) is 5.18. The van der Waals surface area contributed by atoms with Gasteiger partial charge in [-0.05, 0) is 69.8 Å². The van der Waals surface area contributed by atoms with Gasteiger partial charge in [0.15, 0.2) is 0 Å². The smallest absolute Gasteiger partial charge is 0.0640 e. The number of hydrogen-bond donors (Lipinski definition) is 0. The van der Waals surface area contributed by atoms with Gasteiger partial charge < -0.3 is 4.57 Å². The Morgan fingerprint density at radius 2 is 1.23 bits per heavy atom. The maximum absolute atomic E-state index is 4.79. The first-order chi connectivity index (χ1) is 23.3. The first kappa shape index (κ1) is 27.5. The van der Waals surface area contributed by atoms with E-state index in [1.165, 1.54) is 69.8 Å². The lowest BCUT2D eigenvalue weighted by atomic mass is 10.0. The Labute approximate surface area is 277 Å². The number of aliphatic imine (C=N–C) groups is 1. The highest BCUT2D eigenvalue weighted by Gasteiger charge is 2.15. The minimum Gasteiger partial charge on any atom is -0.309 e. The molecule has 0 fully saturated rings. The molecule has 2 nitrogen and oxygen atoms in total. The molecular formula is C44H30N2S. The Hall–Kier alpha value is -5.77. The standard InChI is InChI=1S/C44H30N2S/c1-2-11-32(12-3-1)33-13-8-10-31(26-33)29-45-28-30-20-23-35(24-21-30)46-41-18-6-4-14-37(41)38-25-22-34(27-42(38)46)36-16-9-17-40-39-15-5-7-19-43(39)47-44(36)40/h1-27,29H,28H2. The van der Waals surface area contributed by atoms with E-state index >= 15 is 0 Å². The molecule has 0 atom stereocenters. The maximum Gasteiger partial charge on any atom is 0.0640 e. The summed E-state index contributed by atoms with van der Waals surface area (Å²) in [6.45, 7) is 0.631. The van der Waals surface area contributed by atoms with Crippen molar-refractivity contribution in [3.05, 3.63) is 175 Å². The lowest BCUT2D eigenvalue weighted by Crippen LogP contribution is -1.95. The van der Waals surface area contributed by atoms with Gasteiger partial charge in [-0.15, -0.1) is 11.3 Å². The van der Waals surface area contributed by atoms with Crippen molar-refractivity contribution < 1.29 is 0 Å². The molecule has 47 heavy (non-hydrogen) atoms. The Morgan fingerprint density at radius 1 is 0.511 bits per heavy atom. The predicted octanol–water partition coefficient (Wildman–Crippen LogP) is 12.1. The SMILES string of the molecule is C(=NCc1ccc(-n2c3ccccc3c3ccc(-c4cccc5c4sc4ccccc45)cc32)cc1)c1cccc(-c2ccccc2)c1. The Bertz CT molecular complexity index is 2590. The second-order valence-corrected chi connectivity index (χ2v) is 13.0. The van der Waals surface area contributed by atoms with Gasteiger partial charge in [0, 0.05) is 42.8 Å². The second-order valence-electron chi connectivity index (χ2n) is 12.0. The molecule has 2 aromatic heterocycles. The van der Waals surface area contributed by atoms with Crippen LogP contribution in [0.1, 0.15) is 11.1 Å². The molecule has 0 aliphatic carbocycles. The number of hydrogen-bond acceptors (Lipinski definition) is 2. The molecule has 9 aromatic rings. The van der Waals surface area contributed by atoms with Crippen LogP contribution in [0.15, 0.2) is 169 Å². The van der Waals surface area contributed by atoms with E-state index in [0.717, 1.165) is 11.3 Å². The third-order valence-corrected chi connectivity index (χ3v) is 10.3. The Kier molecular flexibility index (Phi) is 6.76. The van der Waals surface area contributed by atoms with E-state index < -0.39 is 0 Å². The Balaban J connectivity index is 1.06. The quantitative estimate of drug-likeness (QED) is 0.165. The van der Waals surface area contributed by atoms with Crippen LogP contribution in [0.3, 0.4) is 0 Å². The van der Waals surface area contributed by atoms with Crippen molar-refractivity contribution in [2.24, 2.45) is 4.99 Å². The summed E-state index contributed by atoms with van der Waals surface area (Å²) >= 11 is 1.88. The molecular weight excluding hydrogens is 589 g/mol. The van der Waals surface area contributed by atoms with Crippen molar-refractivity contribution >= 4 is 59.5 Å². The van der Waals surface area contributed by atoms with Crippen molar-refractivity contribution in [3.8, 4) is 27.9 Å². The second kappa shape index (κ2) is 11.5. The molecule has 0 saturated carbocycles. The van der Waals surface area contributed by atoms with Gasteiger partial charge in [0.05, 0.1) is 17.6 Å². The van der Waals surface area contributed by atoms with Crippen LogP contribution in [0.4, 0.5) is 0 Å². The van der Waals surface area contributed by atoms with Gasteiger partial charge >= 0.3 is 0 Å². The van der Waals surface area contributed by atoms with E-state index in [2.05, 4.69) is 162 Å². The highest BCUT2D eigenvalue weighted by molar-refractivity contribution is 7.26. The molecule has 0 radical (unpaired) electrons. The maximum atomic E-state index is 4.79. The fraction of sp³-hybridized carbons (Fsp3) is 0.0227. The Morgan fingerprint density at radius 3 is 2.13 bits per heavy atom. The number of benzene rings is 7. The molecule has 9 rings (SSSR count). The normalized spacial score (nSPS) is 11.8. The molecule has 0 unspecified atom stereocenters. The minimum atomic E-state index is 0.631. The summed E-state index contributed by atoms with van der Waals surface area (Å²) in [5.41, 5.74) is 10.8. The number of rotatable bonds is 6. The first-order valence-electron chi connectivity index (χ1n) is 16.0. The third-order valence-electron chi connectivity index (χ3n) is 9.09. The van der Waals surface area contributed by atoms with Gasteiger partial charge in [0.1, 0.15) is 0 Å². The lowest BCUT2D eigenvalue weighted by molar-refractivity contribution is 1.07. The highest BCUT2D eigenvalue weighted by Crippen LogP contribution is 2.41. The largest absolute Gasteiger partial charge is 0.309 e. The zero-order chi connectivity index (χ0) is 31.2. The number of aromatic nitrogens is 1. The molecule has 0 spiro atoms. The molecule has 0 saturated heterocycles. The van der Waals surface area contributed by atoms with Gasteiger partial charge in [-0.2, -0.15) is 0 Å². The molecule has 2 heterocycles. The molecule has 3 heteroatoms. The van der Waals surface area contributed by atoms with Crippen molar-refractivity contribution in [3.63, 3.8) is 0 Å². The summed E-state index contributed by atoms with van der Waals surface area (Å²) in [6, 6.07) is 59.0. The van der Waals surface area contributed by atoms with E-state index in [9.17, 15) is 0 Å². The summed E-state index contributed by atoms with van der Waals surface area (Å²) in [5.74, 6) is 0. The average molecular weight is 619 g/mol. The number of nitrogens with zero attached hydrogens (tertiary/aromatic N) is 2. The molecule has 0 aliphatic heterocycles. The lowest BCUT2D eigenvalue weighted by Gasteiger charge is -2.10. The van der Waals surface area contributed by atoms with E-state index in [-0.39, 0.29) is 0 Å². The molecule has 0 aliphatic rings. The molecule has 7 aromatic carbocycles. The van der Waals surface area contributed by atoms with Crippen LogP contribution >= 0.6 is 11.3 Å². The van der Waals surface area contributed by atoms with Crippen LogP contribution in [-0.2, 0) is 6.54 Å². The van der Waals surface area contributed by atoms with Crippen LogP contribution < -0.4 is 0 Å². The van der Waals surface area contributed by atoms with Crippen LogP contribution in [0.25, 0.3) is 69.9 Å². The van der Waals surface area contributed by atoms with Gasteiger partial charge in [-0.3, -0.25) is 4.99 Å².